The summed E-state index contributed by atoms with van der Waals surface area (Å²) in [4.78, 5) is 24.1. The molecule has 0 spiro atoms. The summed E-state index contributed by atoms with van der Waals surface area (Å²) in [6.45, 7) is 9.03. The van der Waals surface area contributed by atoms with Gasteiger partial charge in [0.2, 0.25) is 0 Å². The fourth-order valence-corrected chi connectivity index (χ4v) is 1.18. The molecule has 0 aromatic heterocycles. The maximum Gasteiger partial charge on any atom is 0.329 e. The highest BCUT2D eigenvalue weighted by molar-refractivity contribution is 5.85. The summed E-state index contributed by atoms with van der Waals surface area (Å²) in [5, 5.41) is 11.8. The van der Waals surface area contributed by atoms with Crippen LogP contribution in [0.25, 0.3) is 0 Å². The van der Waals surface area contributed by atoms with Gasteiger partial charge in [0.1, 0.15) is 5.54 Å². The summed E-state index contributed by atoms with van der Waals surface area (Å²) < 4.78 is 0. The van der Waals surface area contributed by atoms with E-state index in [1.165, 1.54) is 25.8 Å². The molecule has 2 atom stereocenters. The number of aliphatic carboxylic acids is 1. The van der Waals surface area contributed by atoms with Crippen LogP contribution in [-0.2, 0) is 4.79 Å². The fraction of sp³-hybridized carbons (Fsp3) is 0.833. The Morgan fingerprint density at radius 3 is 2.18 bits per heavy atom. The number of likely N-dealkylation sites (N-methyl/N-ethyl adjacent to an activating group) is 1. The molecule has 0 aromatic rings. The van der Waals surface area contributed by atoms with Crippen LogP contribution < -0.4 is 5.32 Å². The van der Waals surface area contributed by atoms with Crippen LogP contribution in [0.4, 0.5) is 4.79 Å². The summed E-state index contributed by atoms with van der Waals surface area (Å²) in [6.07, 6.45) is 0.966. The largest absolute Gasteiger partial charge is 0.480 e. The van der Waals surface area contributed by atoms with Gasteiger partial charge in [-0.05, 0) is 26.7 Å². The molecule has 17 heavy (non-hydrogen) atoms. The lowest BCUT2D eigenvalue weighted by molar-refractivity contribution is -0.146. The van der Waals surface area contributed by atoms with Gasteiger partial charge in [-0.3, -0.25) is 0 Å². The predicted molar refractivity (Wildman–Crippen MR) is 66.9 cm³/mol. The molecule has 100 valence electrons. The van der Waals surface area contributed by atoms with Crippen LogP contribution >= 0.6 is 0 Å². The molecule has 0 rings (SSSR count). The van der Waals surface area contributed by atoms with E-state index in [1.54, 1.807) is 0 Å². The Morgan fingerprint density at radius 2 is 1.82 bits per heavy atom. The molecular weight excluding hydrogens is 220 g/mol. The molecule has 0 aliphatic rings. The second-order valence-corrected chi connectivity index (χ2v) is 5.05. The molecule has 0 saturated carbocycles. The third kappa shape index (κ3) is 3.91. The Labute approximate surface area is 103 Å². The van der Waals surface area contributed by atoms with Crippen molar-refractivity contribution >= 4 is 12.0 Å². The summed E-state index contributed by atoms with van der Waals surface area (Å²) in [5.41, 5.74) is -1.21. The average molecular weight is 244 g/mol. The van der Waals surface area contributed by atoms with Gasteiger partial charge in [0.05, 0.1) is 0 Å². The van der Waals surface area contributed by atoms with Gasteiger partial charge in [0.25, 0.3) is 0 Å². The smallest absolute Gasteiger partial charge is 0.329 e. The van der Waals surface area contributed by atoms with Crippen molar-refractivity contribution in [1.82, 2.24) is 10.2 Å². The van der Waals surface area contributed by atoms with Crippen molar-refractivity contribution in [2.45, 2.75) is 52.6 Å². The van der Waals surface area contributed by atoms with Gasteiger partial charge in [0, 0.05) is 13.1 Å². The van der Waals surface area contributed by atoms with E-state index < -0.39 is 11.5 Å². The van der Waals surface area contributed by atoms with Gasteiger partial charge in [-0.1, -0.05) is 20.3 Å². The van der Waals surface area contributed by atoms with Gasteiger partial charge >= 0.3 is 12.0 Å². The number of rotatable bonds is 5. The first-order valence-electron chi connectivity index (χ1n) is 5.92. The van der Waals surface area contributed by atoms with Crippen LogP contribution in [0.15, 0.2) is 0 Å². The number of nitrogens with zero attached hydrogens (tertiary/aromatic N) is 1. The number of carbonyl (C=O) groups excluding carboxylic acids is 1. The van der Waals surface area contributed by atoms with Crippen molar-refractivity contribution in [2.75, 3.05) is 7.05 Å². The Hall–Kier alpha value is -1.26. The van der Waals surface area contributed by atoms with Gasteiger partial charge in [-0.25, -0.2) is 9.59 Å². The molecule has 0 bridgehead atoms. The van der Waals surface area contributed by atoms with Gasteiger partial charge in [0.15, 0.2) is 0 Å². The Morgan fingerprint density at radius 1 is 1.35 bits per heavy atom. The Bertz CT molecular complexity index is 289. The lowest BCUT2D eigenvalue weighted by Gasteiger charge is -2.33. The van der Waals surface area contributed by atoms with Crippen LogP contribution in [0.1, 0.15) is 41.0 Å². The van der Waals surface area contributed by atoms with E-state index in [0.717, 1.165) is 6.42 Å². The predicted octanol–water partition coefficient (Wildman–Crippen LogP) is 1.93. The standard InChI is InChI=1S/C12H24N2O3/c1-7-8(2)9(3)13-11(17)14(6)12(4,5)10(15)16/h8-9H,7H2,1-6H3,(H,13,17)(H,15,16). The lowest BCUT2D eigenvalue weighted by Crippen LogP contribution is -2.56. The molecule has 0 heterocycles. The second-order valence-electron chi connectivity index (χ2n) is 5.05. The number of amides is 2. The topological polar surface area (TPSA) is 69.6 Å². The zero-order chi connectivity index (χ0) is 13.8. The van der Waals surface area contributed by atoms with Crippen LogP contribution in [0.3, 0.4) is 0 Å². The van der Waals surface area contributed by atoms with E-state index in [2.05, 4.69) is 12.2 Å². The molecular formula is C12H24N2O3. The van der Waals surface area contributed by atoms with Gasteiger partial charge < -0.3 is 15.3 Å². The summed E-state index contributed by atoms with van der Waals surface area (Å²) in [7, 11) is 1.49. The summed E-state index contributed by atoms with van der Waals surface area (Å²) in [5.74, 6) is -0.661. The summed E-state index contributed by atoms with van der Waals surface area (Å²) >= 11 is 0. The SMILES string of the molecule is CCC(C)C(C)NC(=O)N(C)C(C)(C)C(=O)O. The minimum Gasteiger partial charge on any atom is -0.480 e. The number of urea groups is 1. The van der Waals surface area contributed by atoms with E-state index in [1.807, 2.05) is 13.8 Å². The second kappa shape index (κ2) is 5.89. The van der Waals surface area contributed by atoms with Crippen molar-refractivity contribution in [2.24, 2.45) is 5.92 Å². The molecule has 0 aliphatic carbocycles. The third-order valence-corrected chi connectivity index (χ3v) is 3.52. The minimum atomic E-state index is -1.21. The first kappa shape index (κ1) is 15.7. The molecule has 0 radical (unpaired) electrons. The normalized spacial score (nSPS) is 14.9. The molecule has 5 nitrogen and oxygen atoms in total. The molecule has 5 heteroatoms. The number of hydrogen-bond donors (Lipinski definition) is 2. The van der Waals surface area contributed by atoms with Crippen LogP contribution in [0, 0.1) is 5.92 Å². The van der Waals surface area contributed by atoms with Gasteiger partial charge in [-0.15, -0.1) is 0 Å². The lowest BCUT2D eigenvalue weighted by atomic mass is 10.0. The zero-order valence-electron chi connectivity index (χ0n) is 11.6. The minimum absolute atomic E-state index is 0.0274. The fourth-order valence-electron chi connectivity index (χ4n) is 1.18. The van der Waals surface area contributed by atoms with E-state index in [0.29, 0.717) is 5.92 Å². The molecule has 0 aromatic carbocycles. The first-order valence-corrected chi connectivity index (χ1v) is 5.92. The molecule has 0 saturated heterocycles. The monoisotopic (exact) mass is 244 g/mol. The van der Waals surface area contributed by atoms with Crippen molar-refractivity contribution in [1.29, 1.82) is 0 Å². The number of carbonyl (C=O) groups is 2. The highest BCUT2D eigenvalue weighted by Gasteiger charge is 2.35. The van der Waals surface area contributed by atoms with Crippen LogP contribution in [-0.4, -0.2) is 40.6 Å². The highest BCUT2D eigenvalue weighted by Crippen LogP contribution is 2.14. The molecule has 0 aliphatic heterocycles. The molecule has 2 amide bonds. The third-order valence-electron chi connectivity index (χ3n) is 3.52. The molecule has 2 unspecified atom stereocenters. The average Bonchev–Trinajstić information content (AvgIpc) is 2.26. The van der Waals surface area contributed by atoms with E-state index in [9.17, 15) is 9.59 Å². The number of carboxylic acid groups (broad SMARTS) is 1. The van der Waals surface area contributed by atoms with E-state index in [-0.39, 0.29) is 12.1 Å². The number of carboxylic acids is 1. The van der Waals surface area contributed by atoms with Crippen LogP contribution in [0.5, 0.6) is 0 Å². The van der Waals surface area contributed by atoms with Crippen molar-refractivity contribution in [3.63, 3.8) is 0 Å². The molecule has 0 fully saturated rings. The van der Waals surface area contributed by atoms with E-state index in [4.69, 9.17) is 5.11 Å². The maximum absolute atomic E-state index is 11.9. The Kier molecular flexibility index (Phi) is 5.45. The van der Waals surface area contributed by atoms with Gasteiger partial charge in [-0.2, -0.15) is 0 Å². The van der Waals surface area contributed by atoms with E-state index >= 15 is 0 Å². The molecule has 2 N–H and O–H groups in total. The first-order chi connectivity index (χ1) is 7.64. The zero-order valence-corrected chi connectivity index (χ0v) is 11.6. The number of hydrogen-bond acceptors (Lipinski definition) is 2. The quantitative estimate of drug-likeness (QED) is 0.776. The van der Waals surface area contributed by atoms with Crippen molar-refractivity contribution < 1.29 is 14.7 Å². The Balaban J connectivity index is 4.58. The van der Waals surface area contributed by atoms with Crippen molar-refractivity contribution in [3.05, 3.63) is 0 Å². The highest BCUT2D eigenvalue weighted by atomic mass is 16.4. The maximum atomic E-state index is 11.9. The number of nitrogens with one attached hydrogen (secondary N) is 1. The van der Waals surface area contributed by atoms with Crippen LogP contribution in [0.2, 0.25) is 0 Å². The summed E-state index contributed by atoms with van der Waals surface area (Å²) in [6, 6.07) is -0.329. The van der Waals surface area contributed by atoms with Crippen molar-refractivity contribution in [3.8, 4) is 0 Å².